The topological polar surface area (TPSA) is 94.6 Å². The Morgan fingerprint density at radius 2 is 1.33 bits per heavy atom. The summed E-state index contributed by atoms with van der Waals surface area (Å²) in [4.78, 5) is 53.3. The van der Waals surface area contributed by atoms with E-state index in [9.17, 15) is 14.4 Å². The first-order valence-corrected chi connectivity index (χ1v) is 30.6. The van der Waals surface area contributed by atoms with Crippen molar-refractivity contribution >= 4 is 54.1 Å². The molecule has 3 aromatic rings. The maximum atomic E-state index is 14.6. The van der Waals surface area contributed by atoms with E-state index in [0.29, 0.717) is 5.69 Å². The average Bonchev–Trinajstić information content (AvgIpc) is 3.50. The van der Waals surface area contributed by atoms with Gasteiger partial charge in [-0.15, -0.1) is 0 Å². The van der Waals surface area contributed by atoms with E-state index in [1.807, 2.05) is 66.7 Å². The van der Waals surface area contributed by atoms with E-state index in [2.05, 4.69) is 60.8 Å². The van der Waals surface area contributed by atoms with Gasteiger partial charge in [-0.2, -0.15) is 0 Å². The Labute approximate surface area is 308 Å². The first kappa shape index (κ1) is 38.9. The molecular formula is C40H54N2O7SiSn. The molecule has 3 atom stereocenters. The van der Waals surface area contributed by atoms with Crippen molar-refractivity contribution in [1.29, 1.82) is 0 Å². The zero-order valence-corrected chi connectivity index (χ0v) is 35.9. The molecule has 0 aliphatic carbocycles. The Balaban J connectivity index is 1.72. The van der Waals surface area contributed by atoms with Gasteiger partial charge in [0, 0.05) is 0 Å². The summed E-state index contributed by atoms with van der Waals surface area (Å²) in [7, 11) is -2.67. The number of fused-ring (bicyclic) bond motifs is 3. The van der Waals surface area contributed by atoms with Crippen LogP contribution in [0.3, 0.4) is 0 Å². The van der Waals surface area contributed by atoms with Crippen molar-refractivity contribution in [2.24, 2.45) is 0 Å². The molecule has 11 heteroatoms. The monoisotopic (exact) mass is 822 g/mol. The third kappa shape index (κ3) is 8.17. The van der Waals surface area contributed by atoms with Crippen molar-refractivity contribution in [1.82, 2.24) is 4.90 Å². The molecule has 3 aromatic carbocycles. The summed E-state index contributed by atoms with van der Waals surface area (Å²) in [5.74, 6) is -0.586. The summed E-state index contributed by atoms with van der Waals surface area (Å²) in [5.41, 5.74) is 0.888. The van der Waals surface area contributed by atoms with Crippen molar-refractivity contribution < 1.29 is 33.0 Å². The minimum atomic E-state index is -2.73. The van der Waals surface area contributed by atoms with Crippen molar-refractivity contribution in [3.05, 3.63) is 95.6 Å². The third-order valence-corrected chi connectivity index (χ3v) is 20.4. The fourth-order valence-electron chi connectivity index (χ4n) is 6.48. The third-order valence-electron chi connectivity index (χ3n) is 10.1. The number of carbonyl (C=O) groups excluding carboxylic acids is 3. The quantitative estimate of drug-likeness (QED) is 0.128. The summed E-state index contributed by atoms with van der Waals surface area (Å²) in [6.45, 7) is 16.2. The molecule has 0 radical (unpaired) electrons. The molecule has 1 saturated heterocycles. The first-order valence-electron chi connectivity index (χ1n) is 17.7. The molecular weight excluding hydrogens is 767 g/mol. The molecule has 0 N–H and O–H groups in total. The van der Waals surface area contributed by atoms with Crippen LogP contribution < -0.4 is 8.48 Å². The van der Waals surface area contributed by atoms with Gasteiger partial charge in [-0.1, -0.05) is 6.07 Å². The van der Waals surface area contributed by atoms with Gasteiger partial charge in [0.25, 0.3) is 0 Å². The summed E-state index contributed by atoms with van der Waals surface area (Å²) in [6.07, 6.45) is -2.40. The van der Waals surface area contributed by atoms with Crippen LogP contribution in [0.1, 0.15) is 64.7 Å². The van der Waals surface area contributed by atoms with Crippen LogP contribution in [0, 0.1) is 0 Å². The number of rotatable bonds is 8. The normalized spacial score (nSPS) is 20.5. The van der Waals surface area contributed by atoms with Gasteiger partial charge in [0.05, 0.1) is 0 Å². The number of esters is 1. The van der Waals surface area contributed by atoms with Crippen molar-refractivity contribution in [3.8, 4) is 0 Å². The van der Waals surface area contributed by atoms with Gasteiger partial charge in [-0.05, 0) is 0 Å². The molecule has 9 nitrogen and oxygen atoms in total. The Morgan fingerprint density at radius 3 is 1.82 bits per heavy atom. The van der Waals surface area contributed by atoms with Crippen LogP contribution in [-0.2, 0) is 42.2 Å². The zero-order valence-electron chi connectivity index (χ0n) is 32.0. The van der Waals surface area contributed by atoms with Gasteiger partial charge in [0.2, 0.25) is 0 Å². The van der Waals surface area contributed by atoms with Gasteiger partial charge < -0.3 is 0 Å². The molecule has 0 saturated carbocycles. The standard InChI is InChI=1S/C37H45N2O7Si.3CH3.Sn/c1-35(2,3)45-31(40)30-23-37(46-47(7,8)36(4,5)6)28-21-15-16-22-29(28)38(33(41)43-24-26-17-11-9-12-18-26)32(37)39(30)34(42)44-25-27-19-13-10-14-20-27;;;;/h9-14,16-22,30,32H,23-25H2,1-8H3;3*1H3;/t30-,32-,37+;;;;/m0..../s1. The fourth-order valence-corrected chi connectivity index (χ4v) is 11.3. The molecule has 0 aromatic heterocycles. The Bertz CT molecular complexity index is 1750. The number of anilines is 1. The van der Waals surface area contributed by atoms with Gasteiger partial charge in [-0.3, -0.25) is 0 Å². The summed E-state index contributed by atoms with van der Waals surface area (Å²) < 4.78 is 26.7. The number of nitrogens with zero attached hydrogens (tertiary/aromatic N) is 2. The van der Waals surface area contributed by atoms with Crippen LogP contribution in [0.25, 0.3) is 0 Å². The summed E-state index contributed by atoms with van der Waals surface area (Å²) >= 11 is -2.73. The molecule has 2 aliphatic heterocycles. The summed E-state index contributed by atoms with van der Waals surface area (Å²) in [6, 6.07) is 23.9. The molecule has 0 unspecified atom stereocenters. The molecule has 5 rings (SSSR count). The average molecular weight is 822 g/mol. The number of carbonyl (C=O) groups is 3. The van der Waals surface area contributed by atoms with E-state index in [4.69, 9.17) is 18.6 Å². The van der Waals surface area contributed by atoms with E-state index in [0.717, 1.165) is 16.7 Å². The van der Waals surface area contributed by atoms with Crippen molar-refractivity contribution in [2.75, 3.05) is 4.90 Å². The predicted molar refractivity (Wildman–Crippen MR) is 205 cm³/mol. The van der Waals surface area contributed by atoms with Crippen LogP contribution in [-0.4, -0.2) is 67.6 Å². The van der Waals surface area contributed by atoms with Gasteiger partial charge in [-0.25, -0.2) is 0 Å². The van der Waals surface area contributed by atoms with Gasteiger partial charge >= 0.3 is 304 Å². The number of hydrogen-bond donors (Lipinski definition) is 0. The molecule has 2 aliphatic rings. The first-order chi connectivity index (χ1) is 23.6. The minimum absolute atomic E-state index is 0.0198. The molecule has 1 fully saturated rings. The van der Waals surface area contributed by atoms with Crippen molar-refractivity contribution in [2.45, 2.75) is 118 Å². The Hall–Kier alpha value is -3.35. The van der Waals surface area contributed by atoms with E-state index < -0.39 is 68.3 Å². The number of ether oxygens (including phenoxy) is 3. The molecule has 0 bridgehead atoms. The maximum absolute atomic E-state index is 14.6. The second kappa shape index (κ2) is 14.2. The second-order valence-electron chi connectivity index (χ2n) is 17.2. The summed E-state index contributed by atoms with van der Waals surface area (Å²) in [5, 5.41) is -0.239. The number of amides is 2. The van der Waals surface area contributed by atoms with Crippen LogP contribution >= 0.6 is 0 Å². The number of likely N-dealkylation sites (tertiary alicyclic amines) is 1. The zero-order chi connectivity index (χ0) is 37.6. The van der Waals surface area contributed by atoms with Crippen LogP contribution in [0.2, 0.25) is 33.0 Å². The van der Waals surface area contributed by atoms with E-state index >= 15 is 0 Å². The molecule has 2 amide bonds. The molecule has 274 valence electrons. The van der Waals surface area contributed by atoms with Crippen molar-refractivity contribution in [3.63, 3.8) is 0 Å². The SMILES string of the molecule is CC(C)(C)OC(=O)[C@@H]1C[C@@]2(O[Si](C)(C)C(C)(C)C)c3c[c]([Sn]([CH3])([CH3])[CH3])ccc3N(C(=O)OCc3ccccc3)[C@H]2N1C(=O)OCc1ccccc1. The van der Waals surface area contributed by atoms with Crippen LogP contribution in [0.5, 0.6) is 0 Å². The van der Waals surface area contributed by atoms with E-state index in [1.165, 1.54) is 13.4 Å². The molecule has 2 heterocycles. The van der Waals surface area contributed by atoms with Crippen LogP contribution in [0.15, 0.2) is 78.9 Å². The number of hydrogen-bond acceptors (Lipinski definition) is 7. The van der Waals surface area contributed by atoms with Crippen LogP contribution in [0.4, 0.5) is 15.3 Å². The second-order valence-corrected chi connectivity index (χ2v) is 36.4. The predicted octanol–water partition coefficient (Wildman–Crippen LogP) is 8.68. The number of benzene rings is 3. The molecule has 51 heavy (non-hydrogen) atoms. The van der Waals surface area contributed by atoms with E-state index in [1.54, 1.807) is 20.8 Å². The molecule has 0 spiro atoms. The van der Waals surface area contributed by atoms with E-state index in [-0.39, 0.29) is 24.7 Å². The van der Waals surface area contributed by atoms with Gasteiger partial charge in [0.1, 0.15) is 0 Å². The van der Waals surface area contributed by atoms with Gasteiger partial charge in [0.15, 0.2) is 0 Å². The Kier molecular flexibility index (Phi) is 10.8. The Morgan fingerprint density at radius 1 is 0.804 bits per heavy atom. The fraction of sp³-hybridized carbons (Fsp3) is 0.475.